The summed E-state index contributed by atoms with van der Waals surface area (Å²) >= 11 is 0. The van der Waals surface area contributed by atoms with Crippen molar-refractivity contribution in [3.05, 3.63) is 0 Å². The SMILES string of the molecule is C[C@@H]1CN(C(=O)C2(C#N)CCOCC2)C[C@@]1(O)C1CC1. The first-order valence-electron chi connectivity index (χ1n) is 7.52. The van der Waals surface area contributed by atoms with Crippen LogP contribution in [0.1, 0.15) is 32.6 Å². The Labute approximate surface area is 119 Å². The lowest BCUT2D eigenvalue weighted by molar-refractivity contribution is -0.143. The maximum Gasteiger partial charge on any atom is 0.243 e. The Morgan fingerprint density at radius 3 is 2.60 bits per heavy atom. The van der Waals surface area contributed by atoms with Gasteiger partial charge < -0.3 is 14.7 Å². The number of hydrogen-bond donors (Lipinski definition) is 1. The maximum absolute atomic E-state index is 12.8. The molecule has 3 rings (SSSR count). The lowest BCUT2D eigenvalue weighted by Crippen LogP contribution is -2.47. The first kappa shape index (κ1) is 13.8. The second kappa shape index (κ2) is 4.71. The lowest BCUT2D eigenvalue weighted by atomic mass is 9.80. The highest BCUT2D eigenvalue weighted by Crippen LogP contribution is 2.48. The number of β-amino-alcohol motifs (C(OH)–C–C–N with tert-alkyl or cyclic N) is 1. The quantitative estimate of drug-likeness (QED) is 0.815. The monoisotopic (exact) mass is 278 g/mol. The molecule has 3 aliphatic rings. The van der Waals surface area contributed by atoms with Gasteiger partial charge in [-0.1, -0.05) is 6.92 Å². The molecule has 1 N–H and O–H groups in total. The summed E-state index contributed by atoms with van der Waals surface area (Å²) in [6, 6.07) is 2.23. The Hall–Kier alpha value is -1.12. The van der Waals surface area contributed by atoms with Crippen molar-refractivity contribution in [1.82, 2.24) is 4.90 Å². The number of rotatable bonds is 2. The summed E-state index contributed by atoms with van der Waals surface area (Å²) < 4.78 is 5.28. The molecule has 3 fully saturated rings. The van der Waals surface area contributed by atoms with E-state index < -0.39 is 11.0 Å². The highest BCUT2D eigenvalue weighted by Gasteiger charge is 2.55. The van der Waals surface area contributed by atoms with E-state index in [-0.39, 0.29) is 11.8 Å². The molecule has 5 heteroatoms. The molecule has 0 aromatic rings. The number of nitriles is 1. The number of likely N-dealkylation sites (tertiary alicyclic amines) is 1. The van der Waals surface area contributed by atoms with Crippen LogP contribution in [0.3, 0.4) is 0 Å². The molecule has 20 heavy (non-hydrogen) atoms. The molecule has 2 saturated heterocycles. The highest BCUT2D eigenvalue weighted by atomic mass is 16.5. The third-order valence-electron chi connectivity index (χ3n) is 5.33. The van der Waals surface area contributed by atoms with E-state index >= 15 is 0 Å². The van der Waals surface area contributed by atoms with Crippen molar-refractivity contribution < 1.29 is 14.6 Å². The van der Waals surface area contributed by atoms with Crippen molar-refractivity contribution in [3.8, 4) is 6.07 Å². The third kappa shape index (κ3) is 2.02. The molecule has 1 amide bonds. The Kier molecular flexibility index (Phi) is 3.26. The molecule has 0 radical (unpaired) electrons. The van der Waals surface area contributed by atoms with Crippen LogP contribution in [0.4, 0.5) is 0 Å². The van der Waals surface area contributed by atoms with Crippen LogP contribution in [-0.4, -0.2) is 47.8 Å². The van der Waals surface area contributed by atoms with E-state index in [1.165, 1.54) is 0 Å². The van der Waals surface area contributed by atoms with Gasteiger partial charge in [0, 0.05) is 25.7 Å². The largest absolute Gasteiger partial charge is 0.387 e. The van der Waals surface area contributed by atoms with Crippen LogP contribution in [-0.2, 0) is 9.53 Å². The number of ether oxygens (including phenoxy) is 1. The second-order valence-corrected chi connectivity index (χ2v) is 6.66. The molecule has 0 aromatic heterocycles. The van der Waals surface area contributed by atoms with Crippen LogP contribution in [0, 0.1) is 28.6 Å². The van der Waals surface area contributed by atoms with E-state index in [4.69, 9.17) is 4.74 Å². The molecule has 5 nitrogen and oxygen atoms in total. The minimum Gasteiger partial charge on any atom is -0.387 e. The molecular formula is C15H22N2O3. The fourth-order valence-corrected chi connectivity index (χ4v) is 3.68. The number of hydrogen-bond acceptors (Lipinski definition) is 4. The Bertz CT molecular complexity index is 449. The van der Waals surface area contributed by atoms with Crippen LogP contribution < -0.4 is 0 Å². The van der Waals surface area contributed by atoms with E-state index in [0.717, 1.165) is 12.8 Å². The van der Waals surface area contributed by atoms with Crippen molar-refractivity contribution >= 4 is 5.91 Å². The Morgan fingerprint density at radius 2 is 2.05 bits per heavy atom. The van der Waals surface area contributed by atoms with Crippen LogP contribution in [0.2, 0.25) is 0 Å². The van der Waals surface area contributed by atoms with E-state index in [2.05, 4.69) is 6.07 Å². The average Bonchev–Trinajstić information content (AvgIpc) is 3.27. The predicted octanol–water partition coefficient (Wildman–Crippen LogP) is 0.926. The van der Waals surface area contributed by atoms with Gasteiger partial charge >= 0.3 is 0 Å². The van der Waals surface area contributed by atoms with Crippen molar-refractivity contribution in [2.24, 2.45) is 17.3 Å². The summed E-state index contributed by atoms with van der Waals surface area (Å²) in [5.41, 5.74) is -1.68. The first-order chi connectivity index (χ1) is 9.52. The number of amides is 1. The van der Waals surface area contributed by atoms with Gasteiger partial charge in [0.25, 0.3) is 0 Å². The zero-order valence-corrected chi connectivity index (χ0v) is 12.0. The number of carbonyl (C=O) groups excluding carboxylic acids is 1. The summed E-state index contributed by atoms with van der Waals surface area (Å²) in [5.74, 6) is 0.323. The van der Waals surface area contributed by atoms with Crippen LogP contribution in [0.5, 0.6) is 0 Å². The molecule has 2 heterocycles. The van der Waals surface area contributed by atoms with Crippen LogP contribution in [0.15, 0.2) is 0 Å². The van der Waals surface area contributed by atoms with Gasteiger partial charge in [0.1, 0.15) is 5.41 Å². The normalized spacial score (nSPS) is 36.6. The standard InChI is InChI=1S/C15H22N2O3/c1-11-8-17(10-15(11,19)12-2-3-12)13(18)14(9-16)4-6-20-7-5-14/h11-12,19H,2-8,10H2,1H3/t11-,15+/m1/s1. The number of carbonyl (C=O) groups is 1. The van der Waals surface area contributed by atoms with Gasteiger partial charge in [-0.15, -0.1) is 0 Å². The molecule has 0 bridgehead atoms. The second-order valence-electron chi connectivity index (χ2n) is 6.66. The molecule has 0 spiro atoms. The third-order valence-corrected chi connectivity index (χ3v) is 5.33. The zero-order valence-electron chi connectivity index (χ0n) is 12.0. The summed E-state index contributed by atoms with van der Waals surface area (Å²) in [7, 11) is 0. The molecule has 1 aliphatic carbocycles. The van der Waals surface area contributed by atoms with Crippen molar-refractivity contribution in [2.45, 2.75) is 38.2 Å². The van der Waals surface area contributed by atoms with Gasteiger partial charge in [-0.2, -0.15) is 5.26 Å². The van der Waals surface area contributed by atoms with Gasteiger partial charge in [-0.3, -0.25) is 4.79 Å². The molecular weight excluding hydrogens is 256 g/mol. The summed E-state index contributed by atoms with van der Waals surface area (Å²) in [6.45, 7) is 3.90. The van der Waals surface area contributed by atoms with Crippen molar-refractivity contribution in [2.75, 3.05) is 26.3 Å². The fourth-order valence-electron chi connectivity index (χ4n) is 3.68. The summed E-state index contributed by atoms with van der Waals surface area (Å²) in [6.07, 6.45) is 3.05. The van der Waals surface area contributed by atoms with E-state index in [9.17, 15) is 15.2 Å². The van der Waals surface area contributed by atoms with Gasteiger partial charge in [-0.25, -0.2) is 0 Å². The summed E-state index contributed by atoms with van der Waals surface area (Å²) in [4.78, 5) is 14.5. The molecule has 0 aromatic carbocycles. The average molecular weight is 278 g/mol. The van der Waals surface area contributed by atoms with Gasteiger partial charge in [0.15, 0.2) is 0 Å². The molecule has 2 aliphatic heterocycles. The molecule has 0 unspecified atom stereocenters. The van der Waals surface area contributed by atoms with Gasteiger partial charge in [0.05, 0.1) is 18.2 Å². The smallest absolute Gasteiger partial charge is 0.243 e. The van der Waals surface area contributed by atoms with E-state index in [0.29, 0.717) is 45.1 Å². The maximum atomic E-state index is 12.8. The summed E-state index contributed by atoms with van der Waals surface area (Å²) in [5, 5.41) is 20.2. The van der Waals surface area contributed by atoms with E-state index in [1.807, 2.05) is 6.92 Å². The minimum absolute atomic E-state index is 0.0922. The minimum atomic E-state index is -0.938. The zero-order chi connectivity index (χ0) is 14.4. The van der Waals surface area contributed by atoms with Crippen molar-refractivity contribution in [1.29, 1.82) is 5.26 Å². The van der Waals surface area contributed by atoms with Crippen LogP contribution in [0.25, 0.3) is 0 Å². The highest BCUT2D eigenvalue weighted by molar-refractivity contribution is 5.86. The lowest BCUT2D eigenvalue weighted by Gasteiger charge is -2.33. The fraction of sp³-hybridized carbons (Fsp3) is 0.867. The van der Waals surface area contributed by atoms with E-state index in [1.54, 1.807) is 4.90 Å². The van der Waals surface area contributed by atoms with Crippen molar-refractivity contribution in [3.63, 3.8) is 0 Å². The van der Waals surface area contributed by atoms with Gasteiger partial charge in [-0.05, 0) is 31.6 Å². The molecule has 110 valence electrons. The predicted molar refractivity (Wildman–Crippen MR) is 71.5 cm³/mol. The molecule has 1 saturated carbocycles. The van der Waals surface area contributed by atoms with Gasteiger partial charge in [0.2, 0.25) is 5.91 Å². The first-order valence-corrected chi connectivity index (χ1v) is 7.52. The number of nitrogens with zero attached hydrogens (tertiary/aromatic N) is 2. The molecule has 2 atom stereocenters. The Morgan fingerprint density at radius 1 is 1.40 bits per heavy atom. The Balaban J connectivity index is 1.76. The number of aliphatic hydroxyl groups is 1. The topological polar surface area (TPSA) is 73.6 Å². The van der Waals surface area contributed by atoms with Crippen LogP contribution >= 0.6 is 0 Å².